The van der Waals surface area contributed by atoms with Crippen LogP contribution in [0.15, 0.2) is 42.5 Å². The first-order chi connectivity index (χ1) is 10.1. The van der Waals surface area contributed by atoms with Crippen LogP contribution in [-0.4, -0.2) is 11.0 Å². The van der Waals surface area contributed by atoms with Crippen LogP contribution in [0.3, 0.4) is 0 Å². The van der Waals surface area contributed by atoms with Crippen molar-refractivity contribution in [3.05, 3.63) is 64.2 Å². The number of hydrogen-bond acceptors (Lipinski definition) is 2. The van der Waals surface area contributed by atoms with E-state index in [0.29, 0.717) is 17.0 Å². The summed E-state index contributed by atoms with van der Waals surface area (Å²) in [7, 11) is 0. The molecule has 1 amide bonds. The molecule has 3 rings (SSSR count). The highest BCUT2D eigenvalue weighted by molar-refractivity contribution is 6.31. The highest BCUT2D eigenvalue weighted by Crippen LogP contribution is 2.31. The van der Waals surface area contributed by atoms with Crippen LogP contribution in [-0.2, 0) is 11.2 Å². The number of amides is 1. The molecule has 0 saturated carbocycles. The van der Waals surface area contributed by atoms with Gasteiger partial charge < -0.3 is 10.4 Å². The second kappa shape index (κ2) is 5.88. The predicted molar refractivity (Wildman–Crippen MR) is 83.5 cm³/mol. The fraction of sp³-hybridized carbons (Fsp3) is 0.235. The SMILES string of the molecule is O=C1CCCc2cc(C(O)c3ccccc3Cl)ccc2N1. The van der Waals surface area contributed by atoms with Gasteiger partial charge in [0.05, 0.1) is 0 Å². The molecule has 0 fully saturated rings. The highest BCUT2D eigenvalue weighted by Gasteiger charge is 2.17. The van der Waals surface area contributed by atoms with Gasteiger partial charge in [-0.3, -0.25) is 4.79 Å². The number of aryl methyl sites for hydroxylation is 1. The minimum absolute atomic E-state index is 0.0492. The van der Waals surface area contributed by atoms with E-state index in [0.717, 1.165) is 29.7 Å². The lowest BCUT2D eigenvalue weighted by Crippen LogP contribution is -2.09. The van der Waals surface area contributed by atoms with Gasteiger partial charge in [0.15, 0.2) is 0 Å². The Morgan fingerprint density at radius 1 is 1.14 bits per heavy atom. The number of aliphatic hydroxyl groups excluding tert-OH is 1. The van der Waals surface area contributed by atoms with Gasteiger partial charge in [0.25, 0.3) is 0 Å². The topological polar surface area (TPSA) is 49.3 Å². The average molecular weight is 302 g/mol. The standard InChI is InChI=1S/C17H16ClNO2/c18-14-6-2-1-5-13(14)17(21)12-8-9-15-11(10-12)4-3-7-16(20)19-15/h1-2,5-6,8-10,17,21H,3-4,7H2,(H,19,20). The van der Waals surface area contributed by atoms with Gasteiger partial charge in [0.1, 0.15) is 6.10 Å². The van der Waals surface area contributed by atoms with Gasteiger partial charge in [-0.2, -0.15) is 0 Å². The van der Waals surface area contributed by atoms with Crippen molar-refractivity contribution in [1.82, 2.24) is 0 Å². The predicted octanol–water partition coefficient (Wildman–Crippen LogP) is 3.70. The molecule has 2 N–H and O–H groups in total. The highest BCUT2D eigenvalue weighted by atomic mass is 35.5. The molecule has 1 unspecified atom stereocenters. The third kappa shape index (κ3) is 2.94. The Morgan fingerprint density at radius 2 is 1.95 bits per heavy atom. The van der Waals surface area contributed by atoms with Crippen molar-refractivity contribution in [3.63, 3.8) is 0 Å². The van der Waals surface area contributed by atoms with Crippen molar-refractivity contribution >= 4 is 23.2 Å². The second-order valence-electron chi connectivity index (χ2n) is 5.24. The summed E-state index contributed by atoms with van der Waals surface area (Å²) in [4.78, 5) is 11.6. The molecule has 0 saturated heterocycles. The Morgan fingerprint density at radius 3 is 2.76 bits per heavy atom. The monoisotopic (exact) mass is 301 g/mol. The fourth-order valence-corrected chi connectivity index (χ4v) is 2.88. The number of carbonyl (C=O) groups is 1. The zero-order valence-electron chi connectivity index (χ0n) is 11.5. The molecule has 0 radical (unpaired) electrons. The first-order valence-corrected chi connectivity index (χ1v) is 7.38. The van der Waals surface area contributed by atoms with Crippen molar-refractivity contribution in [2.45, 2.75) is 25.4 Å². The van der Waals surface area contributed by atoms with E-state index in [1.54, 1.807) is 6.07 Å². The summed E-state index contributed by atoms with van der Waals surface area (Å²) in [6, 6.07) is 12.9. The minimum Gasteiger partial charge on any atom is -0.384 e. The van der Waals surface area contributed by atoms with Crippen LogP contribution in [0.1, 0.15) is 35.6 Å². The van der Waals surface area contributed by atoms with E-state index < -0.39 is 6.10 Å². The van der Waals surface area contributed by atoms with Crippen molar-refractivity contribution in [2.24, 2.45) is 0 Å². The molecule has 0 spiro atoms. The number of carbonyl (C=O) groups excluding carboxylic acids is 1. The number of aliphatic hydroxyl groups is 1. The van der Waals surface area contributed by atoms with Gasteiger partial charge in [-0.1, -0.05) is 41.9 Å². The van der Waals surface area contributed by atoms with Gasteiger partial charge >= 0.3 is 0 Å². The molecule has 1 heterocycles. The smallest absolute Gasteiger partial charge is 0.224 e. The molecule has 4 heteroatoms. The van der Waals surface area contributed by atoms with Crippen molar-refractivity contribution < 1.29 is 9.90 Å². The zero-order valence-corrected chi connectivity index (χ0v) is 12.2. The average Bonchev–Trinajstić information content (AvgIpc) is 2.67. The first kappa shape index (κ1) is 14.1. The third-order valence-corrected chi connectivity index (χ3v) is 4.11. The van der Waals surface area contributed by atoms with Crippen LogP contribution in [0.5, 0.6) is 0 Å². The van der Waals surface area contributed by atoms with E-state index >= 15 is 0 Å². The summed E-state index contributed by atoms with van der Waals surface area (Å²) in [5.41, 5.74) is 3.38. The van der Waals surface area contributed by atoms with E-state index in [1.807, 2.05) is 36.4 Å². The normalized spacial score (nSPS) is 15.8. The minimum atomic E-state index is -0.761. The maximum absolute atomic E-state index is 11.6. The maximum atomic E-state index is 11.6. The van der Waals surface area contributed by atoms with Crippen LogP contribution < -0.4 is 5.32 Å². The molecule has 1 aliphatic heterocycles. The van der Waals surface area contributed by atoms with E-state index in [1.165, 1.54) is 0 Å². The maximum Gasteiger partial charge on any atom is 0.224 e. The van der Waals surface area contributed by atoms with Gasteiger partial charge in [-0.05, 0) is 36.1 Å². The molecule has 1 atom stereocenters. The van der Waals surface area contributed by atoms with Crippen molar-refractivity contribution in [2.75, 3.05) is 5.32 Å². The number of fused-ring (bicyclic) bond motifs is 1. The van der Waals surface area contributed by atoms with E-state index in [9.17, 15) is 9.90 Å². The van der Waals surface area contributed by atoms with E-state index in [2.05, 4.69) is 5.32 Å². The number of nitrogens with one attached hydrogen (secondary N) is 1. The number of halogens is 1. The Labute approximate surface area is 128 Å². The molecule has 2 aromatic rings. The lowest BCUT2D eigenvalue weighted by molar-refractivity contribution is -0.116. The van der Waals surface area contributed by atoms with Crippen LogP contribution in [0, 0.1) is 0 Å². The molecule has 108 valence electrons. The molecule has 3 nitrogen and oxygen atoms in total. The van der Waals surface area contributed by atoms with Crippen LogP contribution >= 0.6 is 11.6 Å². The Hall–Kier alpha value is -1.84. The molecular formula is C17H16ClNO2. The number of anilines is 1. The largest absolute Gasteiger partial charge is 0.384 e. The van der Waals surface area contributed by atoms with E-state index in [-0.39, 0.29) is 5.91 Å². The fourth-order valence-electron chi connectivity index (χ4n) is 2.64. The molecule has 1 aliphatic rings. The molecule has 0 aliphatic carbocycles. The Balaban J connectivity index is 1.95. The Kier molecular flexibility index (Phi) is 3.95. The Bertz CT molecular complexity index is 684. The molecule has 0 aromatic heterocycles. The summed E-state index contributed by atoms with van der Waals surface area (Å²) < 4.78 is 0. The second-order valence-corrected chi connectivity index (χ2v) is 5.65. The quantitative estimate of drug-likeness (QED) is 0.888. The number of rotatable bonds is 2. The van der Waals surface area contributed by atoms with Crippen LogP contribution in [0.4, 0.5) is 5.69 Å². The summed E-state index contributed by atoms with van der Waals surface area (Å²) >= 11 is 6.14. The number of benzene rings is 2. The summed E-state index contributed by atoms with van der Waals surface area (Å²) in [6.07, 6.45) is 1.43. The van der Waals surface area contributed by atoms with Gasteiger partial charge in [-0.25, -0.2) is 0 Å². The molecule has 21 heavy (non-hydrogen) atoms. The summed E-state index contributed by atoms with van der Waals surface area (Å²) in [5.74, 6) is 0.0492. The van der Waals surface area contributed by atoms with E-state index in [4.69, 9.17) is 11.6 Å². The van der Waals surface area contributed by atoms with Crippen molar-refractivity contribution in [3.8, 4) is 0 Å². The van der Waals surface area contributed by atoms with Crippen molar-refractivity contribution in [1.29, 1.82) is 0 Å². The summed E-state index contributed by atoms with van der Waals surface area (Å²) in [5, 5.41) is 14.0. The third-order valence-electron chi connectivity index (χ3n) is 3.77. The van der Waals surface area contributed by atoms with Gasteiger partial charge in [0, 0.05) is 22.7 Å². The zero-order chi connectivity index (χ0) is 14.8. The van der Waals surface area contributed by atoms with Gasteiger partial charge in [0.2, 0.25) is 5.91 Å². The lowest BCUT2D eigenvalue weighted by atomic mass is 9.97. The summed E-state index contributed by atoms with van der Waals surface area (Å²) in [6.45, 7) is 0. The number of hydrogen-bond donors (Lipinski definition) is 2. The van der Waals surface area contributed by atoms with Gasteiger partial charge in [-0.15, -0.1) is 0 Å². The first-order valence-electron chi connectivity index (χ1n) is 7.00. The molecule has 2 aromatic carbocycles. The molecule has 0 bridgehead atoms. The lowest BCUT2D eigenvalue weighted by Gasteiger charge is -2.15. The van der Waals surface area contributed by atoms with Crippen LogP contribution in [0.25, 0.3) is 0 Å². The van der Waals surface area contributed by atoms with Crippen LogP contribution in [0.2, 0.25) is 5.02 Å². The molecular weight excluding hydrogens is 286 g/mol.